The highest BCUT2D eigenvalue weighted by Gasteiger charge is 2.21. The Hall–Kier alpha value is -1.95. The zero-order chi connectivity index (χ0) is 16.4. The zero-order valence-corrected chi connectivity index (χ0v) is 13.8. The summed E-state index contributed by atoms with van der Waals surface area (Å²) in [7, 11) is 0. The number of aromatic nitrogens is 1. The number of hydrogen-bond acceptors (Lipinski definition) is 4. The van der Waals surface area contributed by atoms with E-state index in [1.165, 1.54) is 0 Å². The molecule has 0 atom stereocenters. The van der Waals surface area contributed by atoms with Crippen molar-refractivity contribution in [3.05, 3.63) is 29.5 Å². The van der Waals surface area contributed by atoms with E-state index in [1.807, 2.05) is 12.3 Å². The van der Waals surface area contributed by atoms with Gasteiger partial charge in [0.2, 0.25) is 0 Å². The molecule has 0 radical (unpaired) electrons. The highest BCUT2D eigenvalue weighted by molar-refractivity contribution is 7.99. The minimum absolute atomic E-state index is 0.195. The number of aryl methyl sites for hydroxylation is 2. The first kappa shape index (κ1) is 15.9. The topological polar surface area (TPSA) is 68.5 Å². The van der Waals surface area contributed by atoms with E-state index in [1.54, 1.807) is 24.8 Å². The number of benzene rings is 1. The van der Waals surface area contributed by atoms with E-state index >= 15 is 0 Å². The Kier molecular flexibility index (Phi) is 4.61. The fourth-order valence-corrected chi connectivity index (χ4v) is 4.11. The van der Waals surface area contributed by atoms with Gasteiger partial charge in [-0.15, -0.1) is 11.8 Å². The predicted octanol–water partition coefficient (Wildman–Crippen LogP) is 3.33. The van der Waals surface area contributed by atoms with E-state index in [9.17, 15) is 14.7 Å². The molecule has 1 aromatic heterocycles. The maximum atomic E-state index is 11.7. The minimum Gasteiger partial charge on any atom is -0.478 e. The molecular formula is C17H19NO4S. The quantitative estimate of drug-likeness (QED) is 0.850. The van der Waals surface area contributed by atoms with Crippen LogP contribution in [0.2, 0.25) is 0 Å². The van der Waals surface area contributed by atoms with E-state index in [-0.39, 0.29) is 12.4 Å². The Bertz CT molecular complexity index is 766. The maximum Gasteiger partial charge on any atom is 0.336 e. The fourth-order valence-electron chi connectivity index (χ4n) is 3.06. The molecule has 23 heavy (non-hydrogen) atoms. The van der Waals surface area contributed by atoms with Gasteiger partial charge in [0, 0.05) is 29.4 Å². The highest BCUT2D eigenvalue weighted by Crippen LogP contribution is 2.36. The SMILES string of the molecule is CCOC(=O)CCc1c(C(=O)O)cc2c3c1ccn3CCCS2. The van der Waals surface area contributed by atoms with Gasteiger partial charge < -0.3 is 14.4 Å². The highest BCUT2D eigenvalue weighted by atomic mass is 32.2. The van der Waals surface area contributed by atoms with Crippen molar-refractivity contribution >= 4 is 34.6 Å². The lowest BCUT2D eigenvalue weighted by atomic mass is 9.98. The van der Waals surface area contributed by atoms with Crippen LogP contribution in [0.15, 0.2) is 23.2 Å². The fraction of sp³-hybridized carbons (Fsp3) is 0.412. The van der Waals surface area contributed by atoms with Crippen molar-refractivity contribution in [2.24, 2.45) is 0 Å². The van der Waals surface area contributed by atoms with Crippen LogP contribution in [0.5, 0.6) is 0 Å². The average Bonchev–Trinajstić information content (AvgIpc) is 2.83. The van der Waals surface area contributed by atoms with Crippen molar-refractivity contribution in [3.8, 4) is 0 Å². The van der Waals surface area contributed by atoms with Crippen LogP contribution in [-0.2, 0) is 22.5 Å². The van der Waals surface area contributed by atoms with E-state index in [2.05, 4.69) is 4.57 Å². The Morgan fingerprint density at radius 1 is 1.43 bits per heavy atom. The van der Waals surface area contributed by atoms with Crippen LogP contribution in [0.25, 0.3) is 10.9 Å². The van der Waals surface area contributed by atoms with Crippen molar-refractivity contribution in [3.63, 3.8) is 0 Å². The molecule has 0 spiro atoms. The third kappa shape index (κ3) is 3.08. The Morgan fingerprint density at radius 2 is 2.26 bits per heavy atom. The first-order valence-corrected chi connectivity index (χ1v) is 8.76. The van der Waals surface area contributed by atoms with Gasteiger partial charge in [-0.1, -0.05) is 0 Å². The second-order valence-electron chi connectivity index (χ2n) is 5.48. The first-order valence-electron chi connectivity index (χ1n) is 7.78. The number of esters is 1. The smallest absolute Gasteiger partial charge is 0.336 e. The number of carbonyl (C=O) groups excluding carboxylic acids is 1. The number of hydrogen-bond donors (Lipinski definition) is 1. The van der Waals surface area contributed by atoms with Crippen molar-refractivity contribution in [1.82, 2.24) is 4.57 Å². The second-order valence-corrected chi connectivity index (χ2v) is 6.62. The van der Waals surface area contributed by atoms with E-state index in [0.29, 0.717) is 18.6 Å². The largest absolute Gasteiger partial charge is 0.478 e. The molecule has 0 amide bonds. The van der Waals surface area contributed by atoms with E-state index in [4.69, 9.17) is 4.74 Å². The molecule has 3 rings (SSSR count). The van der Waals surface area contributed by atoms with Gasteiger partial charge in [-0.05, 0) is 43.2 Å². The van der Waals surface area contributed by atoms with Gasteiger partial charge in [0.1, 0.15) is 0 Å². The van der Waals surface area contributed by atoms with Crippen LogP contribution in [-0.4, -0.2) is 34.0 Å². The summed E-state index contributed by atoms with van der Waals surface area (Å²) < 4.78 is 7.15. The molecule has 2 aromatic rings. The molecule has 1 aromatic carbocycles. The molecule has 1 aliphatic rings. The Balaban J connectivity index is 2.07. The number of rotatable bonds is 5. The molecule has 0 bridgehead atoms. The van der Waals surface area contributed by atoms with Crippen LogP contribution in [0.1, 0.15) is 35.7 Å². The van der Waals surface area contributed by atoms with Crippen LogP contribution in [0.4, 0.5) is 0 Å². The molecule has 1 aliphatic heterocycles. The molecule has 122 valence electrons. The summed E-state index contributed by atoms with van der Waals surface area (Å²) in [5, 5.41) is 10.5. The van der Waals surface area contributed by atoms with Crippen LogP contribution >= 0.6 is 11.8 Å². The number of carbonyl (C=O) groups is 2. The normalized spacial score (nSPS) is 13.8. The monoisotopic (exact) mass is 333 g/mol. The van der Waals surface area contributed by atoms with Crippen molar-refractivity contribution in [1.29, 1.82) is 0 Å². The third-order valence-electron chi connectivity index (χ3n) is 4.04. The molecule has 0 fully saturated rings. The lowest BCUT2D eigenvalue weighted by Gasteiger charge is -2.12. The van der Waals surface area contributed by atoms with Crippen molar-refractivity contribution in [2.45, 2.75) is 37.6 Å². The summed E-state index contributed by atoms with van der Waals surface area (Å²) in [5.41, 5.74) is 2.12. The van der Waals surface area contributed by atoms with Crippen LogP contribution in [0, 0.1) is 0 Å². The summed E-state index contributed by atoms with van der Waals surface area (Å²) >= 11 is 1.70. The van der Waals surface area contributed by atoms with Gasteiger partial charge in [0.25, 0.3) is 0 Å². The summed E-state index contributed by atoms with van der Waals surface area (Å²) in [6.07, 6.45) is 3.65. The molecule has 0 saturated heterocycles. The Morgan fingerprint density at radius 3 is 3.00 bits per heavy atom. The summed E-state index contributed by atoms with van der Waals surface area (Å²) in [6.45, 7) is 3.04. The molecule has 0 saturated carbocycles. The van der Waals surface area contributed by atoms with Gasteiger partial charge in [0.05, 0.1) is 17.7 Å². The van der Waals surface area contributed by atoms with E-state index < -0.39 is 5.97 Å². The summed E-state index contributed by atoms with van der Waals surface area (Å²) in [5.74, 6) is -0.253. The summed E-state index contributed by atoms with van der Waals surface area (Å²) in [6, 6.07) is 3.73. The van der Waals surface area contributed by atoms with Gasteiger partial charge >= 0.3 is 11.9 Å². The second kappa shape index (κ2) is 6.66. The van der Waals surface area contributed by atoms with Crippen molar-refractivity contribution < 1.29 is 19.4 Å². The molecular weight excluding hydrogens is 314 g/mol. The zero-order valence-electron chi connectivity index (χ0n) is 13.0. The molecule has 0 unspecified atom stereocenters. The van der Waals surface area contributed by atoms with Gasteiger partial charge in [-0.25, -0.2) is 4.79 Å². The lowest BCUT2D eigenvalue weighted by Crippen LogP contribution is -2.09. The molecule has 2 heterocycles. The Labute approximate surface area is 138 Å². The van der Waals surface area contributed by atoms with Crippen LogP contribution < -0.4 is 0 Å². The van der Waals surface area contributed by atoms with Crippen LogP contribution in [0.3, 0.4) is 0 Å². The predicted molar refractivity (Wildman–Crippen MR) is 89.2 cm³/mol. The maximum absolute atomic E-state index is 11.7. The number of thioether (sulfide) groups is 1. The van der Waals surface area contributed by atoms with E-state index in [0.717, 1.165) is 40.1 Å². The third-order valence-corrected chi connectivity index (χ3v) is 5.15. The number of carboxylic acids is 1. The summed E-state index contributed by atoms with van der Waals surface area (Å²) in [4.78, 5) is 24.3. The minimum atomic E-state index is -0.945. The van der Waals surface area contributed by atoms with Gasteiger partial charge in [-0.2, -0.15) is 0 Å². The molecule has 6 heteroatoms. The number of carboxylic acid groups (broad SMARTS) is 1. The van der Waals surface area contributed by atoms with Gasteiger partial charge in [-0.3, -0.25) is 4.79 Å². The average molecular weight is 333 g/mol. The lowest BCUT2D eigenvalue weighted by molar-refractivity contribution is -0.143. The van der Waals surface area contributed by atoms with Crippen molar-refractivity contribution in [2.75, 3.05) is 12.4 Å². The number of nitrogens with zero attached hydrogens (tertiary/aromatic N) is 1. The number of ether oxygens (including phenoxy) is 1. The number of aromatic carboxylic acids is 1. The molecule has 1 N–H and O–H groups in total. The molecule has 5 nitrogen and oxygen atoms in total. The standard InChI is InChI=1S/C17H19NO4S/c1-2-22-15(19)5-4-11-12-6-8-18-7-3-9-23-14(16(12)18)10-13(11)17(20)21/h6,8,10H,2-5,7,9H2,1H3,(H,20,21). The van der Waals surface area contributed by atoms with Gasteiger partial charge in [0.15, 0.2) is 0 Å². The molecule has 0 aliphatic carbocycles. The first-order chi connectivity index (χ1) is 11.1.